The van der Waals surface area contributed by atoms with Crippen molar-refractivity contribution >= 4 is 35.0 Å². The maximum Gasteiger partial charge on any atom is 0.234 e. The van der Waals surface area contributed by atoms with E-state index in [0.717, 1.165) is 0 Å². The molecule has 3 rings (SSSR count). The van der Waals surface area contributed by atoms with E-state index in [2.05, 4.69) is 22.1 Å². The maximum atomic E-state index is 13.7. The number of halogens is 2. The summed E-state index contributed by atoms with van der Waals surface area (Å²) in [5, 5.41) is 12.1. The Morgan fingerprint density at radius 2 is 2.10 bits per heavy atom. The molecule has 9 heteroatoms. The molecular formula is C20H18ClFN4O2S. The number of aromatic nitrogens is 3. The number of para-hydroxylation sites is 1. The molecule has 0 radical (unpaired) electrons. The summed E-state index contributed by atoms with van der Waals surface area (Å²) in [6, 6.07) is 13.1. The average molecular weight is 433 g/mol. The van der Waals surface area contributed by atoms with E-state index < -0.39 is 5.82 Å². The van der Waals surface area contributed by atoms with Crippen LogP contribution < -0.4 is 10.1 Å². The van der Waals surface area contributed by atoms with Gasteiger partial charge in [-0.15, -0.1) is 16.8 Å². The van der Waals surface area contributed by atoms with E-state index in [0.29, 0.717) is 28.2 Å². The Labute approximate surface area is 176 Å². The first kappa shape index (κ1) is 20.9. The van der Waals surface area contributed by atoms with Crippen LogP contribution in [0.1, 0.15) is 5.82 Å². The van der Waals surface area contributed by atoms with Gasteiger partial charge in [0.2, 0.25) is 5.91 Å². The SMILES string of the molecule is C=CCn1c(COc2ccccc2F)nnc1SCC(=O)Nc1cccc(Cl)c1. The number of rotatable bonds is 9. The number of allylic oxidation sites excluding steroid dienone is 1. The number of carbonyl (C=O) groups excluding carboxylic acids is 1. The Kier molecular flexibility index (Phi) is 7.26. The Morgan fingerprint density at radius 3 is 2.86 bits per heavy atom. The fourth-order valence-electron chi connectivity index (χ4n) is 2.44. The van der Waals surface area contributed by atoms with Crippen LogP contribution in [0.4, 0.5) is 10.1 Å². The summed E-state index contributed by atoms with van der Waals surface area (Å²) in [4.78, 5) is 12.2. The van der Waals surface area contributed by atoms with Crippen LogP contribution >= 0.6 is 23.4 Å². The normalized spacial score (nSPS) is 10.6. The highest BCUT2D eigenvalue weighted by Crippen LogP contribution is 2.21. The minimum atomic E-state index is -0.449. The molecule has 1 heterocycles. The summed E-state index contributed by atoms with van der Waals surface area (Å²) in [6.45, 7) is 4.20. The molecule has 1 amide bonds. The molecular weight excluding hydrogens is 415 g/mol. The molecule has 6 nitrogen and oxygen atoms in total. The van der Waals surface area contributed by atoms with Crippen LogP contribution in [0.2, 0.25) is 5.02 Å². The van der Waals surface area contributed by atoms with E-state index in [9.17, 15) is 9.18 Å². The summed E-state index contributed by atoms with van der Waals surface area (Å²) < 4.78 is 21.0. The predicted octanol–water partition coefficient (Wildman–Crippen LogP) is 4.57. The first-order valence-electron chi connectivity index (χ1n) is 8.65. The van der Waals surface area contributed by atoms with Gasteiger partial charge in [-0.2, -0.15) is 0 Å². The molecule has 0 saturated heterocycles. The molecule has 0 atom stereocenters. The second kappa shape index (κ2) is 10.1. The van der Waals surface area contributed by atoms with Gasteiger partial charge < -0.3 is 10.1 Å². The fraction of sp³-hybridized carbons (Fsp3) is 0.150. The molecule has 0 aliphatic heterocycles. The van der Waals surface area contributed by atoms with Crippen LogP contribution in [0.3, 0.4) is 0 Å². The zero-order valence-electron chi connectivity index (χ0n) is 15.3. The molecule has 0 aliphatic carbocycles. The lowest BCUT2D eigenvalue weighted by atomic mass is 10.3. The van der Waals surface area contributed by atoms with Gasteiger partial charge in [0.05, 0.1) is 5.75 Å². The highest BCUT2D eigenvalue weighted by molar-refractivity contribution is 7.99. The Hall–Kier alpha value is -2.84. The second-order valence-corrected chi connectivity index (χ2v) is 7.24. The quantitative estimate of drug-likeness (QED) is 0.396. The van der Waals surface area contributed by atoms with Crippen LogP contribution in [0.25, 0.3) is 0 Å². The molecule has 3 aromatic rings. The van der Waals surface area contributed by atoms with Gasteiger partial charge in [-0.3, -0.25) is 9.36 Å². The Morgan fingerprint density at radius 1 is 1.28 bits per heavy atom. The number of thioether (sulfide) groups is 1. The van der Waals surface area contributed by atoms with E-state index in [1.165, 1.54) is 17.8 Å². The molecule has 0 bridgehead atoms. The number of anilines is 1. The summed E-state index contributed by atoms with van der Waals surface area (Å²) in [6.07, 6.45) is 1.69. The van der Waals surface area contributed by atoms with Gasteiger partial charge in [-0.05, 0) is 30.3 Å². The van der Waals surface area contributed by atoms with Crippen molar-refractivity contribution in [3.05, 3.63) is 77.9 Å². The Bertz CT molecular complexity index is 1010. The van der Waals surface area contributed by atoms with Crippen molar-refractivity contribution in [1.82, 2.24) is 14.8 Å². The number of ether oxygens (including phenoxy) is 1. The van der Waals surface area contributed by atoms with Crippen LogP contribution in [0.5, 0.6) is 5.75 Å². The third-order valence-corrected chi connectivity index (χ3v) is 4.94. The lowest BCUT2D eigenvalue weighted by molar-refractivity contribution is -0.113. The minimum Gasteiger partial charge on any atom is -0.483 e. The molecule has 0 fully saturated rings. The number of carbonyl (C=O) groups is 1. The molecule has 0 spiro atoms. The standard InChI is InChI=1S/C20H18ClFN4O2S/c1-2-10-26-18(12-28-17-9-4-3-8-16(17)22)24-25-20(26)29-13-19(27)23-15-7-5-6-14(21)11-15/h2-9,11H,1,10,12-13H2,(H,23,27). The number of nitrogens with zero attached hydrogens (tertiary/aromatic N) is 3. The molecule has 1 N–H and O–H groups in total. The molecule has 1 aromatic heterocycles. The third-order valence-electron chi connectivity index (χ3n) is 3.74. The fourth-order valence-corrected chi connectivity index (χ4v) is 3.40. The van der Waals surface area contributed by atoms with E-state index >= 15 is 0 Å². The van der Waals surface area contributed by atoms with Gasteiger partial charge in [-0.25, -0.2) is 4.39 Å². The van der Waals surface area contributed by atoms with E-state index in [1.807, 2.05) is 0 Å². The minimum absolute atomic E-state index is 0.0387. The van der Waals surface area contributed by atoms with Crippen LogP contribution in [-0.2, 0) is 17.9 Å². The highest BCUT2D eigenvalue weighted by atomic mass is 35.5. The zero-order chi connectivity index (χ0) is 20.6. The number of nitrogens with one attached hydrogen (secondary N) is 1. The Balaban J connectivity index is 1.62. The largest absolute Gasteiger partial charge is 0.483 e. The summed E-state index contributed by atoms with van der Waals surface area (Å²) in [5.74, 6) is 0.126. The first-order chi connectivity index (χ1) is 14.1. The van der Waals surface area contributed by atoms with Crippen LogP contribution in [-0.4, -0.2) is 26.4 Å². The van der Waals surface area contributed by atoms with Crippen molar-refractivity contribution < 1.29 is 13.9 Å². The lowest BCUT2D eigenvalue weighted by Gasteiger charge is -2.10. The maximum absolute atomic E-state index is 13.7. The molecule has 0 unspecified atom stereocenters. The average Bonchev–Trinajstić information content (AvgIpc) is 3.08. The summed E-state index contributed by atoms with van der Waals surface area (Å²) >= 11 is 7.15. The molecule has 0 saturated carbocycles. The van der Waals surface area contributed by atoms with Crippen molar-refractivity contribution in [2.45, 2.75) is 18.3 Å². The van der Waals surface area contributed by atoms with Crippen molar-refractivity contribution in [2.24, 2.45) is 0 Å². The van der Waals surface area contributed by atoms with Gasteiger partial charge in [0.25, 0.3) is 0 Å². The summed E-state index contributed by atoms with van der Waals surface area (Å²) in [5.41, 5.74) is 0.620. The van der Waals surface area contributed by atoms with E-state index in [4.69, 9.17) is 16.3 Å². The van der Waals surface area contributed by atoms with E-state index in [-0.39, 0.29) is 24.0 Å². The van der Waals surface area contributed by atoms with Gasteiger partial charge in [0.1, 0.15) is 6.61 Å². The number of amides is 1. The van der Waals surface area contributed by atoms with Gasteiger partial charge >= 0.3 is 0 Å². The third kappa shape index (κ3) is 5.82. The second-order valence-electron chi connectivity index (χ2n) is 5.86. The number of benzene rings is 2. The van der Waals surface area contributed by atoms with Crippen LogP contribution in [0.15, 0.2) is 66.3 Å². The highest BCUT2D eigenvalue weighted by Gasteiger charge is 2.15. The number of hydrogen-bond acceptors (Lipinski definition) is 5. The van der Waals surface area contributed by atoms with E-state index in [1.54, 1.807) is 53.1 Å². The van der Waals surface area contributed by atoms with Gasteiger partial charge in [0.15, 0.2) is 22.5 Å². The summed E-state index contributed by atoms with van der Waals surface area (Å²) in [7, 11) is 0. The van der Waals surface area contributed by atoms with Gasteiger partial charge in [0, 0.05) is 17.3 Å². The van der Waals surface area contributed by atoms with Crippen LogP contribution in [0, 0.1) is 5.82 Å². The smallest absolute Gasteiger partial charge is 0.234 e. The predicted molar refractivity (Wildman–Crippen MR) is 112 cm³/mol. The van der Waals surface area contributed by atoms with Gasteiger partial charge in [-0.1, -0.05) is 47.6 Å². The van der Waals surface area contributed by atoms with Crippen molar-refractivity contribution in [2.75, 3.05) is 11.1 Å². The molecule has 2 aromatic carbocycles. The topological polar surface area (TPSA) is 69.0 Å². The molecule has 29 heavy (non-hydrogen) atoms. The zero-order valence-corrected chi connectivity index (χ0v) is 16.9. The van der Waals surface area contributed by atoms with Crippen molar-refractivity contribution in [1.29, 1.82) is 0 Å². The lowest BCUT2D eigenvalue weighted by Crippen LogP contribution is -2.15. The molecule has 0 aliphatic rings. The first-order valence-corrected chi connectivity index (χ1v) is 10.0. The molecule has 150 valence electrons. The monoisotopic (exact) mass is 432 g/mol. The van der Waals surface area contributed by atoms with Crippen molar-refractivity contribution in [3.8, 4) is 5.75 Å². The number of hydrogen-bond donors (Lipinski definition) is 1. The van der Waals surface area contributed by atoms with Crippen molar-refractivity contribution in [3.63, 3.8) is 0 Å².